The number of carbonyl (C=O) groups excluding carboxylic acids is 4. The Bertz CT molecular complexity index is 566. The molecule has 28 heavy (non-hydrogen) atoms. The van der Waals surface area contributed by atoms with Crippen molar-refractivity contribution in [2.45, 2.75) is 64.8 Å². The van der Waals surface area contributed by atoms with Crippen molar-refractivity contribution >= 4 is 23.9 Å². The van der Waals surface area contributed by atoms with Crippen LogP contribution in [0.15, 0.2) is 0 Å². The van der Waals surface area contributed by atoms with E-state index < -0.39 is 54.6 Å². The lowest BCUT2D eigenvalue weighted by Gasteiger charge is -2.44. The van der Waals surface area contributed by atoms with Gasteiger partial charge in [-0.05, 0) is 13.0 Å². The molecule has 1 saturated heterocycles. The molecule has 3 unspecified atom stereocenters. The average molecular weight is 405 g/mol. The second kappa shape index (κ2) is 11.6. The van der Waals surface area contributed by atoms with E-state index in [1.807, 2.05) is 0 Å². The Kier molecular flexibility index (Phi) is 9.83. The summed E-state index contributed by atoms with van der Waals surface area (Å²) in [6.07, 6.45) is -5.33. The normalized spacial score (nSPS) is 26.8. The summed E-state index contributed by atoms with van der Waals surface area (Å²) in [4.78, 5) is 46.0. The Hall–Kier alpha value is -2.24. The Morgan fingerprint density at radius 1 is 0.821 bits per heavy atom. The maximum atomic E-state index is 11.6. The smallest absolute Gasteiger partial charge is 0.303 e. The first kappa shape index (κ1) is 23.8. The van der Waals surface area contributed by atoms with Gasteiger partial charge in [0.05, 0.1) is 6.61 Å². The summed E-state index contributed by atoms with van der Waals surface area (Å²) in [7, 11) is 0. The van der Waals surface area contributed by atoms with Crippen molar-refractivity contribution < 1.29 is 47.6 Å². The van der Waals surface area contributed by atoms with Crippen LogP contribution in [0.5, 0.6) is 0 Å². The molecule has 0 aromatic heterocycles. The largest absolute Gasteiger partial charge is 0.463 e. The topological polar surface area (TPSA) is 150 Å². The van der Waals surface area contributed by atoms with Crippen LogP contribution in [0.4, 0.5) is 0 Å². The molecule has 0 spiro atoms. The van der Waals surface area contributed by atoms with Crippen molar-refractivity contribution in [3.05, 3.63) is 0 Å². The molecule has 0 aromatic carbocycles. The third kappa shape index (κ3) is 7.79. The molecular weight excluding hydrogens is 378 g/mol. The van der Waals surface area contributed by atoms with Crippen LogP contribution in [0.25, 0.3) is 0 Å². The molecular formula is C17H27NO10. The van der Waals surface area contributed by atoms with Gasteiger partial charge in [-0.1, -0.05) is 0 Å². The molecule has 1 fully saturated rings. The van der Waals surface area contributed by atoms with E-state index in [-0.39, 0.29) is 13.2 Å². The first-order valence-corrected chi connectivity index (χ1v) is 8.77. The van der Waals surface area contributed by atoms with E-state index in [0.29, 0.717) is 13.0 Å². The zero-order chi connectivity index (χ0) is 21.3. The Morgan fingerprint density at radius 3 is 1.86 bits per heavy atom. The van der Waals surface area contributed by atoms with Gasteiger partial charge in [-0.25, -0.2) is 0 Å². The first-order chi connectivity index (χ1) is 13.1. The quantitative estimate of drug-likeness (QED) is 0.298. The molecule has 0 aromatic rings. The van der Waals surface area contributed by atoms with E-state index >= 15 is 0 Å². The minimum absolute atomic E-state index is 0.171. The molecule has 1 aliphatic rings. The van der Waals surface area contributed by atoms with Gasteiger partial charge in [0.25, 0.3) is 0 Å². The van der Waals surface area contributed by atoms with Crippen LogP contribution in [0, 0.1) is 0 Å². The van der Waals surface area contributed by atoms with E-state index in [1.165, 1.54) is 6.92 Å². The molecule has 2 N–H and O–H groups in total. The molecule has 0 amide bonds. The summed E-state index contributed by atoms with van der Waals surface area (Å²) >= 11 is 0. The highest BCUT2D eigenvalue weighted by atomic mass is 16.7. The second-order valence-corrected chi connectivity index (χ2v) is 6.08. The zero-order valence-electron chi connectivity index (χ0n) is 16.4. The van der Waals surface area contributed by atoms with Crippen LogP contribution >= 0.6 is 0 Å². The average Bonchev–Trinajstić information content (AvgIpc) is 2.57. The van der Waals surface area contributed by atoms with Gasteiger partial charge in [-0.3, -0.25) is 19.2 Å². The number of esters is 4. The van der Waals surface area contributed by atoms with E-state index in [2.05, 4.69) is 0 Å². The fourth-order valence-electron chi connectivity index (χ4n) is 2.61. The predicted molar refractivity (Wildman–Crippen MR) is 91.6 cm³/mol. The maximum Gasteiger partial charge on any atom is 0.303 e. The Balaban J connectivity index is 3.21. The van der Waals surface area contributed by atoms with Crippen LogP contribution < -0.4 is 5.73 Å². The van der Waals surface area contributed by atoms with E-state index in [0.717, 1.165) is 20.8 Å². The summed E-state index contributed by atoms with van der Waals surface area (Å²) in [5, 5.41) is 0. The molecule has 1 aliphatic heterocycles. The maximum absolute atomic E-state index is 11.6. The van der Waals surface area contributed by atoms with Crippen LogP contribution in [0.3, 0.4) is 0 Å². The third-order valence-corrected chi connectivity index (χ3v) is 3.58. The molecule has 160 valence electrons. The highest BCUT2D eigenvalue weighted by Gasteiger charge is 2.52. The summed E-state index contributed by atoms with van der Waals surface area (Å²) in [5.41, 5.74) is 5.45. The van der Waals surface area contributed by atoms with Gasteiger partial charge in [0.1, 0.15) is 12.7 Å². The molecule has 1 heterocycles. The Morgan fingerprint density at radius 2 is 1.36 bits per heavy atom. The monoisotopic (exact) mass is 405 g/mol. The summed E-state index contributed by atoms with van der Waals surface area (Å²) < 4.78 is 32.0. The lowest BCUT2D eigenvalue weighted by atomic mass is 9.98. The third-order valence-electron chi connectivity index (χ3n) is 3.58. The van der Waals surface area contributed by atoms with Crippen molar-refractivity contribution in [1.82, 2.24) is 0 Å². The van der Waals surface area contributed by atoms with Crippen LogP contribution in [0.1, 0.15) is 34.1 Å². The van der Waals surface area contributed by atoms with Crippen molar-refractivity contribution in [3.8, 4) is 0 Å². The fourth-order valence-corrected chi connectivity index (χ4v) is 2.61. The molecule has 0 aliphatic carbocycles. The minimum atomic E-state index is -1.23. The fraction of sp³-hybridized carbons (Fsp3) is 0.765. The predicted octanol–water partition coefficient (Wildman–Crippen LogP) is -0.565. The molecule has 5 atom stereocenters. The Labute approximate surface area is 162 Å². The van der Waals surface area contributed by atoms with Crippen LogP contribution in [-0.2, 0) is 47.6 Å². The highest BCUT2D eigenvalue weighted by molar-refractivity contribution is 5.68. The van der Waals surface area contributed by atoms with Crippen molar-refractivity contribution in [2.24, 2.45) is 5.73 Å². The van der Waals surface area contributed by atoms with Gasteiger partial charge in [0.15, 0.2) is 24.6 Å². The molecule has 0 saturated carbocycles. The van der Waals surface area contributed by atoms with Crippen LogP contribution in [-0.4, -0.2) is 74.3 Å². The molecule has 1 rings (SSSR count). The van der Waals surface area contributed by atoms with Crippen molar-refractivity contribution in [1.29, 1.82) is 0 Å². The summed E-state index contributed by atoms with van der Waals surface area (Å²) in [6, 6.07) is 0. The van der Waals surface area contributed by atoms with Crippen LogP contribution in [0.2, 0.25) is 0 Å². The summed E-state index contributed by atoms with van der Waals surface area (Å²) in [6.45, 7) is 4.89. The number of rotatable bonds is 9. The van der Waals surface area contributed by atoms with Gasteiger partial charge < -0.3 is 34.2 Å². The zero-order valence-corrected chi connectivity index (χ0v) is 16.4. The number of carbonyl (C=O) groups is 4. The minimum Gasteiger partial charge on any atom is -0.463 e. The molecule has 11 heteroatoms. The van der Waals surface area contributed by atoms with E-state index in [9.17, 15) is 19.2 Å². The standard InChI is InChI=1S/C17H27NO10/c1-9(19)24-8-13-14(25-10(2)20)15(26-11(3)21)16(27-12(4)22)17(28-13)23-7-5-6-18/h13-17H,5-8,18H2,1-4H3/t13?,14-,15?,16?,17+/m0/s1. The van der Waals surface area contributed by atoms with Gasteiger partial charge in [-0.2, -0.15) is 0 Å². The van der Waals surface area contributed by atoms with Crippen molar-refractivity contribution in [3.63, 3.8) is 0 Å². The van der Waals surface area contributed by atoms with Gasteiger partial charge >= 0.3 is 23.9 Å². The lowest BCUT2D eigenvalue weighted by molar-refractivity contribution is -0.308. The SMILES string of the molecule is CC(=O)OCC1O[C@@H](OCCCN)C(OC(C)=O)C(OC(C)=O)[C@H]1OC(C)=O. The van der Waals surface area contributed by atoms with Crippen molar-refractivity contribution in [2.75, 3.05) is 19.8 Å². The second-order valence-electron chi connectivity index (χ2n) is 6.08. The van der Waals surface area contributed by atoms with Gasteiger partial charge in [-0.15, -0.1) is 0 Å². The highest BCUT2D eigenvalue weighted by Crippen LogP contribution is 2.30. The molecule has 0 bridgehead atoms. The lowest BCUT2D eigenvalue weighted by Crippen LogP contribution is -2.63. The number of hydrogen-bond donors (Lipinski definition) is 1. The number of hydrogen-bond acceptors (Lipinski definition) is 11. The summed E-state index contributed by atoms with van der Waals surface area (Å²) in [5.74, 6) is -2.66. The van der Waals surface area contributed by atoms with E-state index in [4.69, 9.17) is 34.2 Å². The number of nitrogens with two attached hydrogens (primary N) is 1. The van der Waals surface area contributed by atoms with Gasteiger partial charge in [0, 0.05) is 27.7 Å². The molecule has 11 nitrogen and oxygen atoms in total. The van der Waals surface area contributed by atoms with E-state index in [1.54, 1.807) is 0 Å². The first-order valence-electron chi connectivity index (χ1n) is 8.77. The van der Waals surface area contributed by atoms with Gasteiger partial charge in [0.2, 0.25) is 0 Å². The number of ether oxygens (including phenoxy) is 6. The molecule has 0 radical (unpaired) electrons.